The lowest BCUT2D eigenvalue weighted by Gasteiger charge is -2.40. The van der Waals surface area contributed by atoms with Gasteiger partial charge in [-0.25, -0.2) is 13.2 Å². The highest BCUT2D eigenvalue weighted by Crippen LogP contribution is 2.36. The van der Waals surface area contributed by atoms with E-state index in [0.717, 1.165) is 12.8 Å². The Morgan fingerprint density at radius 1 is 1.19 bits per heavy atom. The van der Waals surface area contributed by atoms with Crippen LogP contribution in [0.1, 0.15) is 58.6 Å². The molecule has 0 unspecified atom stereocenters. The molecule has 1 aromatic heterocycles. The Kier molecular flexibility index (Phi) is 5.24. The summed E-state index contributed by atoms with van der Waals surface area (Å²) >= 11 is 0. The van der Waals surface area contributed by atoms with Crippen LogP contribution >= 0.6 is 0 Å². The van der Waals surface area contributed by atoms with E-state index in [0.29, 0.717) is 25.1 Å². The lowest BCUT2D eigenvalue weighted by molar-refractivity contribution is 0.0565. The molecule has 1 aromatic carbocycles. The number of carbonyl (C=O) groups excluding carboxylic acids is 2. The number of amides is 2. The number of nitrogens with one attached hydrogen (secondary N) is 1. The molecule has 0 aliphatic carbocycles. The van der Waals surface area contributed by atoms with Crippen molar-refractivity contribution in [3.8, 4) is 5.75 Å². The number of nitrogens with zero attached hydrogens (tertiary/aromatic N) is 2. The van der Waals surface area contributed by atoms with E-state index in [1.165, 1.54) is 10.8 Å². The van der Waals surface area contributed by atoms with Crippen LogP contribution < -0.4 is 10.7 Å². The topological polar surface area (TPSA) is 91.6 Å². The van der Waals surface area contributed by atoms with Crippen LogP contribution in [0.5, 0.6) is 5.75 Å². The molecule has 2 bridgehead atoms. The van der Waals surface area contributed by atoms with Crippen molar-refractivity contribution in [3.05, 3.63) is 62.8 Å². The van der Waals surface area contributed by atoms with Crippen LogP contribution in [-0.2, 0) is 6.54 Å². The molecule has 31 heavy (non-hydrogen) atoms. The van der Waals surface area contributed by atoms with Crippen LogP contribution in [0.25, 0.3) is 0 Å². The maximum Gasteiger partial charge on any atom is 0.274 e. The third kappa shape index (κ3) is 3.45. The number of aromatic nitrogens is 1. The monoisotopic (exact) mass is 435 g/mol. The summed E-state index contributed by atoms with van der Waals surface area (Å²) in [7, 11) is 0. The second-order valence-electron chi connectivity index (χ2n) is 7.81. The van der Waals surface area contributed by atoms with Crippen LogP contribution in [0.4, 0.5) is 13.2 Å². The maximum absolute atomic E-state index is 13.8. The number of fused-ring (bicyclic) bond motifs is 4. The van der Waals surface area contributed by atoms with Gasteiger partial charge in [0.1, 0.15) is 23.0 Å². The van der Waals surface area contributed by atoms with E-state index in [2.05, 4.69) is 5.32 Å². The molecular formula is C21H20F3N3O4. The summed E-state index contributed by atoms with van der Waals surface area (Å²) in [5.74, 6) is -5.75. The molecule has 1 saturated heterocycles. The highest BCUT2D eigenvalue weighted by Gasteiger charge is 2.40. The summed E-state index contributed by atoms with van der Waals surface area (Å²) in [6.07, 6.45) is 3.52. The van der Waals surface area contributed by atoms with E-state index in [1.807, 2.05) is 6.92 Å². The molecule has 2 aliphatic heterocycles. The first kappa shape index (κ1) is 21.0. The fourth-order valence-electron chi connectivity index (χ4n) is 4.34. The van der Waals surface area contributed by atoms with Gasteiger partial charge < -0.3 is 19.9 Å². The minimum atomic E-state index is -1.18. The fraction of sp³-hybridized carbons (Fsp3) is 0.381. The Labute approximate surface area is 175 Å². The van der Waals surface area contributed by atoms with Gasteiger partial charge in [-0.2, -0.15) is 0 Å². The van der Waals surface area contributed by atoms with Crippen LogP contribution in [0.3, 0.4) is 0 Å². The van der Waals surface area contributed by atoms with Gasteiger partial charge in [0, 0.05) is 43.0 Å². The largest absolute Gasteiger partial charge is 0.503 e. The van der Waals surface area contributed by atoms with E-state index in [4.69, 9.17) is 0 Å². The molecule has 3 heterocycles. The molecule has 1 fully saturated rings. The predicted octanol–water partition coefficient (Wildman–Crippen LogP) is 2.47. The Morgan fingerprint density at radius 3 is 2.55 bits per heavy atom. The zero-order valence-corrected chi connectivity index (χ0v) is 16.6. The van der Waals surface area contributed by atoms with Gasteiger partial charge in [-0.15, -0.1) is 0 Å². The van der Waals surface area contributed by atoms with Crippen LogP contribution in [0, 0.1) is 17.5 Å². The summed E-state index contributed by atoms with van der Waals surface area (Å²) in [6.45, 7) is 1.75. The number of hydrogen-bond acceptors (Lipinski definition) is 4. The molecule has 2 aliphatic rings. The standard InChI is InChI=1S/C21H20F3N3O4/c1-10-16-4-2-3-5-26(10)21(31)17-19(29)18(28)13(9-27(16)17)20(30)25-8-12-14(23)6-11(22)7-15(12)24/h6-7,9-10,16,29H,2-5,8H2,1H3,(H,25,30)/t10-,16-/m1/s1. The first-order valence-corrected chi connectivity index (χ1v) is 9.91. The third-order valence-corrected chi connectivity index (χ3v) is 6.00. The summed E-state index contributed by atoms with van der Waals surface area (Å²) in [5.41, 5.74) is -2.24. The van der Waals surface area contributed by atoms with Crippen molar-refractivity contribution in [2.75, 3.05) is 6.54 Å². The molecule has 164 valence electrons. The summed E-state index contributed by atoms with van der Waals surface area (Å²) in [6, 6.07) is 0.534. The molecule has 0 saturated carbocycles. The molecule has 0 radical (unpaired) electrons. The second kappa shape index (κ2) is 7.75. The Bertz CT molecular complexity index is 1120. The van der Waals surface area contributed by atoms with Gasteiger partial charge in [-0.3, -0.25) is 14.4 Å². The average Bonchev–Trinajstić information content (AvgIpc) is 2.85. The Balaban J connectivity index is 1.69. The SMILES string of the molecule is C[C@@H]1[C@H]2CCCCN1C(=O)c1c(O)c(=O)c(C(=O)NCc3c(F)cc(F)cc3F)cn12. The number of hydrogen-bond donors (Lipinski definition) is 2. The van der Waals surface area contributed by atoms with Gasteiger partial charge in [0.25, 0.3) is 11.8 Å². The van der Waals surface area contributed by atoms with E-state index in [-0.39, 0.29) is 17.8 Å². The van der Waals surface area contributed by atoms with Crippen LogP contribution in [0.15, 0.2) is 23.1 Å². The molecule has 4 rings (SSSR count). The van der Waals surface area contributed by atoms with E-state index in [9.17, 15) is 32.7 Å². The third-order valence-electron chi connectivity index (χ3n) is 6.00. The highest BCUT2D eigenvalue weighted by molar-refractivity contribution is 5.99. The maximum atomic E-state index is 13.8. The van der Waals surface area contributed by atoms with Gasteiger partial charge in [0.15, 0.2) is 11.4 Å². The average molecular weight is 435 g/mol. The van der Waals surface area contributed by atoms with E-state index < -0.39 is 58.1 Å². The highest BCUT2D eigenvalue weighted by atomic mass is 19.1. The molecule has 10 heteroatoms. The zero-order valence-electron chi connectivity index (χ0n) is 16.6. The minimum Gasteiger partial charge on any atom is -0.503 e. The van der Waals surface area contributed by atoms with Gasteiger partial charge in [-0.1, -0.05) is 0 Å². The van der Waals surface area contributed by atoms with Crippen molar-refractivity contribution in [1.29, 1.82) is 0 Å². The van der Waals surface area contributed by atoms with Crippen molar-refractivity contribution < 1.29 is 27.9 Å². The molecule has 2 atom stereocenters. The lowest BCUT2D eigenvalue weighted by atomic mass is 9.99. The van der Waals surface area contributed by atoms with Gasteiger partial charge >= 0.3 is 0 Å². The number of benzene rings is 1. The predicted molar refractivity (Wildman–Crippen MR) is 103 cm³/mol. The minimum absolute atomic E-state index is 0.165. The number of carbonyl (C=O) groups is 2. The summed E-state index contributed by atoms with van der Waals surface area (Å²) in [4.78, 5) is 39.7. The zero-order chi connectivity index (χ0) is 22.4. The quantitative estimate of drug-likeness (QED) is 0.775. The summed E-state index contributed by atoms with van der Waals surface area (Å²) in [5, 5.41) is 12.7. The summed E-state index contributed by atoms with van der Waals surface area (Å²) < 4.78 is 42.1. The van der Waals surface area contributed by atoms with Crippen molar-refractivity contribution >= 4 is 11.8 Å². The van der Waals surface area contributed by atoms with Gasteiger partial charge in [0.05, 0.1) is 6.04 Å². The fourth-order valence-corrected chi connectivity index (χ4v) is 4.34. The Hall–Kier alpha value is -3.30. The van der Waals surface area contributed by atoms with E-state index >= 15 is 0 Å². The molecule has 7 nitrogen and oxygen atoms in total. The van der Waals surface area contributed by atoms with Crippen molar-refractivity contribution in [2.45, 2.75) is 44.8 Å². The number of halogens is 3. The molecule has 0 spiro atoms. The number of pyridine rings is 1. The lowest BCUT2D eigenvalue weighted by Crippen LogP contribution is -2.49. The first-order valence-electron chi connectivity index (χ1n) is 9.91. The molecule has 2 amide bonds. The van der Waals surface area contributed by atoms with Crippen LogP contribution in [0.2, 0.25) is 0 Å². The van der Waals surface area contributed by atoms with Crippen LogP contribution in [-0.4, -0.2) is 39.0 Å². The van der Waals surface area contributed by atoms with Crippen molar-refractivity contribution in [2.24, 2.45) is 0 Å². The molecule has 2 N–H and O–H groups in total. The smallest absolute Gasteiger partial charge is 0.274 e. The van der Waals surface area contributed by atoms with E-state index in [1.54, 1.807) is 4.90 Å². The number of aromatic hydroxyl groups is 1. The Morgan fingerprint density at radius 2 is 1.87 bits per heavy atom. The van der Waals surface area contributed by atoms with Gasteiger partial charge in [-0.05, 0) is 26.2 Å². The number of rotatable bonds is 3. The molecular weight excluding hydrogens is 415 g/mol. The van der Waals surface area contributed by atoms with Crippen molar-refractivity contribution in [1.82, 2.24) is 14.8 Å². The van der Waals surface area contributed by atoms with Crippen molar-refractivity contribution in [3.63, 3.8) is 0 Å². The van der Waals surface area contributed by atoms with Gasteiger partial charge in [0.2, 0.25) is 5.43 Å². The second-order valence-corrected chi connectivity index (χ2v) is 7.81. The molecule has 2 aromatic rings. The normalized spacial score (nSPS) is 20.3. The first-order chi connectivity index (χ1) is 14.7.